The second-order valence-electron chi connectivity index (χ2n) is 10.5. The molecule has 2 heterocycles. The first-order chi connectivity index (χ1) is 18.8. The number of hydrogen-bond acceptors (Lipinski definition) is 5. The fraction of sp³-hybridized carbons (Fsp3) is 0.467. The molecule has 9 nitrogen and oxygen atoms in total. The number of benzene rings is 2. The van der Waals surface area contributed by atoms with E-state index in [1.54, 1.807) is 11.8 Å². The number of nitrogens with two attached hydrogens (primary N) is 1. The van der Waals surface area contributed by atoms with Crippen molar-refractivity contribution in [3.63, 3.8) is 0 Å². The van der Waals surface area contributed by atoms with E-state index >= 15 is 0 Å². The molecule has 2 aromatic carbocycles. The van der Waals surface area contributed by atoms with Crippen LogP contribution in [0.3, 0.4) is 0 Å². The van der Waals surface area contributed by atoms with Crippen molar-refractivity contribution in [1.82, 2.24) is 20.9 Å². The summed E-state index contributed by atoms with van der Waals surface area (Å²) in [5.74, 6) is -1.43. The SMILES string of the molecule is CC[C@H](N)C(=O)NC1C(=O)N2C(CCC1CNC(C)=O)CCC2C(=O)NC(c1ccccc1)c1ccccc1. The van der Waals surface area contributed by atoms with Gasteiger partial charge in [0.1, 0.15) is 12.1 Å². The molecule has 2 fully saturated rings. The standard InChI is InChI=1S/C30H39N5O4/c1-3-24(31)28(37)34-27-22(18-32-19(2)36)14-15-23-16-17-25(35(23)30(27)39)29(38)33-26(20-10-6-4-7-11-20)21-12-8-5-9-13-21/h4-13,22-27H,3,14-18,31H2,1-2H3,(H,32,36)(H,33,38)(H,34,37)/t22?,23?,24-,25?,27?/m0/s1. The molecule has 0 aromatic heterocycles. The first-order valence-electron chi connectivity index (χ1n) is 13.8. The molecule has 39 heavy (non-hydrogen) atoms. The quantitative estimate of drug-likeness (QED) is 0.391. The van der Waals surface area contributed by atoms with E-state index in [0.29, 0.717) is 32.1 Å². The molecule has 5 atom stereocenters. The Morgan fingerprint density at radius 1 is 0.949 bits per heavy atom. The maximum Gasteiger partial charge on any atom is 0.246 e. The average Bonchev–Trinajstić information content (AvgIpc) is 3.33. The van der Waals surface area contributed by atoms with Gasteiger partial charge >= 0.3 is 0 Å². The zero-order valence-electron chi connectivity index (χ0n) is 22.6. The van der Waals surface area contributed by atoms with Crippen LogP contribution in [0, 0.1) is 5.92 Å². The van der Waals surface area contributed by atoms with E-state index in [0.717, 1.165) is 11.1 Å². The van der Waals surface area contributed by atoms with Gasteiger partial charge in [-0.25, -0.2) is 0 Å². The van der Waals surface area contributed by atoms with E-state index in [-0.39, 0.29) is 42.3 Å². The van der Waals surface area contributed by atoms with Gasteiger partial charge in [-0.05, 0) is 43.2 Å². The Morgan fingerprint density at radius 2 is 1.54 bits per heavy atom. The second kappa shape index (κ2) is 12.9. The van der Waals surface area contributed by atoms with Gasteiger partial charge < -0.3 is 26.6 Å². The third-order valence-corrected chi connectivity index (χ3v) is 7.91. The molecule has 2 aliphatic rings. The number of nitrogens with one attached hydrogen (secondary N) is 3. The van der Waals surface area contributed by atoms with E-state index in [2.05, 4.69) is 16.0 Å². The Labute approximate surface area is 229 Å². The van der Waals surface area contributed by atoms with Crippen LogP contribution in [0.15, 0.2) is 60.7 Å². The highest BCUT2D eigenvalue weighted by Gasteiger charge is 2.48. The zero-order chi connectivity index (χ0) is 27.9. The summed E-state index contributed by atoms with van der Waals surface area (Å²) in [5.41, 5.74) is 7.86. The van der Waals surface area contributed by atoms with Gasteiger partial charge in [-0.1, -0.05) is 67.6 Å². The molecule has 2 aromatic rings. The van der Waals surface area contributed by atoms with Crippen molar-refractivity contribution in [1.29, 1.82) is 0 Å². The summed E-state index contributed by atoms with van der Waals surface area (Å²) < 4.78 is 0. The fourth-order valence-electron chi connectivity index (χ4n) is 5.70. The van der Waals surface area contributed by atoms with Crippen molar-refractivity contribution in [2.75, 3.05) is 6.54 Å². The van der Waals surface area contributed by atoms with Gasteiger partial charge in [0.05, 0.1) is 12.1 Å². The molecule has 4 amide bonds. The highest BCUT2D eigenvalue weighted by molar-refractivity contribution is 5.94. The summed E-state index contributed by atoms with van der Waals surface area (Å²) in [6.45, 7) is 3.49. The predicted octanol–water partition coefficient (Wildman–Crippen LogP) is 2.02. The van der Waals surface area contributed by atoms with E-state index in [1.165, 1.54) is 6.92 Å². The fourth-order valence-corrected chi connectivity index (χ4v) is 5.70. The maximum absolute atomic E-state index is 14.0. The average molecular weight is 534 g/mol. The van der Waals surface area contributed by atoms with Gasteiger partial charge in [0.2, 0.25) is 23.6 Å². The molecular weight excluding hydrogens is 494 g/mol. The highest BCUT2D eigenvalue weighted by atomic mass is 16.2. The third kappa shape index (κ3) is 6.65. The van der Waals surface area contributed by atoms with Crippen molar-refractivity contribution < 1.29 is 19.2 Å². The number of hydrogen-bond donors (Lipinski definition) is 4. The minimum atomic E-state index is -0.876. The zero-order valence-corrected chi connectivity index (χ0v) is 22.6. The molecule has 9 heteroatoms. The van der Waals surface area contributed by atoms with Gasteiger partial charge in [-0.3, -0.25) is 19.2 Å². The minimum Gasteiger partial charge on any atom is -0.356 e. The predicted molar refractivity (Wildman–Crippen MR) is 148 cm³/mol. The van der Waals surface area contributed by atoms with Crippen molar-refractivity contribution in [3.8, 4) is 0 Å². The summed E-state index contributed by atoms with van der Waals surface area (Å²) in [6, 6.07) is 16.7. The molecule has 0 spiro atoms. The molecule has 208 valence electrons. The van der Waals surface area contributed by atoms with Gasteiger partial charge in [0, 0.05) is 25.4 Å². The molecule has 0 saturated carbocycles. The Balaban J connectivity index is 1.59. The lowest BCUT2D eigenvalue weighted by molar-refractivity contribution is -0.143. The lowest BCUT2D eigenvalue weighted by atomic mass is 9.92. The van der Waals surface area contributed by atoms with E-state index in [4.69, 9.17) is 5.73 Å². The van der Waals surface area contributed by atoms with Crippen LogP contribution in [0.4, 0.5) is 0 Å². The molecule has 0 aliphatic carbocycles. The van der Waals surface area contributed by atoms with E-state index < -0.39 is 24.0 Å². The summed E-state index contributed by atoms with van der Waals surface area (Å²) in [5, 5.41) is 8.86. The first-order valence-corrected chi connectivity index (χ1v) is 13.8. The number of nitrogens with zero attached hydrogens (tertiary/aromatic N) is 1. The van der Waals surface area contributed by atoms with Gasteiger partial charge in [0.15, 0.2) is 0 Å². The van der Waals surface area contributed by atoms with Crippen LogP contribution in [-0.2, 0) is 19.2 Å². The Morgan fingerprint density at radius 3 is 2.10 bits per heavy atom. The highest BCUT2D eigenvalue weighted by Crippen LogP contribution is 2.34. The lowest BCUT2D eigenvalue weighted by Gasteiger charge is -2.33. The van der Waals surface area contributed by atoms with Crippen molar-refractivity contribution in [2.24, 2.45) is 11.7 Å². The van der Waals surface area contributed by atoms with Crippen molar-refractivity contribution >= 4 is 23.6 Å². The van der Waals surface area contributed by atoms with Crippen LogP contribution in [0.2, 0.25) is 0 Å². The topological polar surface area (TPSA) is 134 Å². The molecule has 5 N–H and O–H groups in total. The summed E-state index contributed by atoms with van der Waals surface area (Å²) in [4.78, 5) is 54.0. The maximum atomic E-state index is 14.0. The normalized spacial score (nSPS) is 23.5. The summed E-state index contributed by atoms with van der Waals surface area (Å²) >= 11 is 0. The number of rotatable bonds is 9. The number of amides is 4. The van der Waals surface area contributed by atoms with E-state index in [9.17, 15) is 19.2 Å². The van der Waals surface area contributed by atoms with Crippen LogP contribution in [0.5, 0.6) is 0 Å². The van der Waals surface area contributed by atoms with Crippen LogP contribution in [-0.4, -0.2) is 59.2 Å². The molecule has 2 saturated heterocycles. The Bertz CT molecular complexity index is 1120. The lowest BCUT2D eigenvalue weighted by Crippen LogP contribution is -2.59. The van der Waals surface area contributed by atoms with Crippen molar-refractivity contribution in [2.45, 2.75) is 76.2 Å². The van der Waals surface area contributed by atoms with Crippen LogP contribution < -0.4 is 21.7 Å². The minimum absolute atomic E-state index is 0.110. The largest absolute Gasteiger partial charge is 0.356 e. The van der Waals surface area contributed by atoms with Gasteiger partial charge in [-0.15, -0.1) is 0 Å². The van der Waals surface area contributed by atoms with Crippen LogP contribution in [0.1, 0.15) is 63.1 Å². The van der Waals surface area contributed by atoms with Gasteiger partial charge in [-0.2, -0.15) is 0 Å². The Hall–Kier alpha value is -3.72. The smallest absolute Gasteiger partial charge is 0.246 e. The van der Waals surface area contributed by atoms with Crippen LogP contribution in [0.25, 0.3) is 0 Å². The first kappa shape index (κ1) is 28.3. The number of carbonyl (C=O) groups is 4. The Kier molecular flexibility index (Phi) is 9.35. The second-order valence-corrected chi connectivity index (χ2v) is 10.5. The molecule has 0 radical (unpaired) electrons. The molecular formula is C30H39N5O4. The number of carbonyl (C=O) groups excluding carboxylic acids is 4. The van der Waals surface area contributed by atoms with Gasteiger partial charge in [0.25, 0.3) is 0 Å². The number of fused-ring (bicyclic) bond motifs is 1. The summed E-state index contributed by atoms with van der Waals surface area (Å²) in [6.07, 6.45) is 3.00. The molecule has 4 unspecified atom stereocenters. The third-order valence-electron chi connectivity index (χ3n) is 7.91. The molecule has 2 aliphatic heterocycles. The summed E-state index contributed by atoms with van der Waals surface area (Å²) in [7, 11) is 0. The van der Waals surface area contributed by atoms with E-state index in [1.807, 2.05) is 60.7 Å². The molecule has 4 rings (SSSR count). The van der Waals surface area contributed by atoms with Crippen molar-refractivity contribution in [3.05, 3.63) is 71.8 Å². The molecule has 0 bridgehead atoms. The monoisotopic (exact) mass is 533 g/mol. The van der Waals surface area contributed by atoms with Crippen LogP contribution >= 0.6 is 0 Å².